The Morgan fingerprint density at radius 2 is 1.44 bits per heavy atom. The maximum absolute atomic E-state index is 12.9. The third-order valence-electron chi connectivity index (χ3n) is 5.13. The van der Waals surface area contributed by atoms with Crippen molar-refractivity contribution >= 4 is 50.3 Å². The van der Waals surface area contributed by atoms with Gasteiger partial charge in [0, 0.05) is 30.9 Å². The third kappa shape index (κ3) is 6.09. The van der Waals surface area contributed by atoms with Crippen molar-refractivity contribution in [3.05, 3.63) is 68.3 Å². The monoisotopic (exact) mass is 507 g/mol. The van der Waals surface area contributed by atoms with Gasteiger partial charge in [0.2, 0.25) is 10.0 Å². The number of nitrogens with one attached hydrogen (secondary N) is 2. The summed E-state index contributed by atoms with van der Waals surface area (Å²) in [5, 5.41) is 26.8. The number of nitro benzene ring substituents is 2. The highest BCUT2D eigenvalue weighted by atomic mass is 32.2. The van der Waals surface area contributed by atoms with Gasteiger partial charge in [0.25, 0.3) is 17.3 Å². The summed E-state index contributed by atoms with van der Waals surface area (Å²) in [6.07, 6.45) is 3.64. The molecule has 0 spiro atoms. The molecule has 14 heteroatoms. The molecule has 2 N–H and O–H groups in total. The average Bonchev–Trinajstić information content (AvgIpc) is 3.09. The van der Waals surface area contributed by atoms with Gasteiger partial charge in [-0.15, -0.1) is 0 Å². The molecule has 1 fully saturated rings. The molecule has 1 aliphatic rings. The predicted octanol–water partition coefficient (Wildman–Crippen LogP) is 3.19. The van der Waals surface area contributed by atoms with Crippen LogP contribution in [0.1, 0.15) is 36.0 Å². The van der Waals surface area contributed by atoms with Gasteiger partial charge in [-0.25, -0.2) is 8.42 Å². The van der Waals surface area contributed by atoms with E-state index in [1.807, 2.05) is 0 Å². The maximum atomic E-state index is 12.9. The zero-order valence-electron chi connectivity index (χ0n) is 17.8. The number of carbonyl (C=O) groups is 1. The lowest BCUT2D eigenvalue weighted by Gasteiger charge is -2.20. The number of thiocarbonyl (C=S) groups is 1. The average molecular weight is 508 g/mol. The number of anilines is 1. The van der Waals surface area contributed by atoms with Crippen LogP contribution in [0.4, 0.5) is 17.1 Å². The zero-order chi connectivity index (χ0) is 24.9. The van der Waals surface area contributed by atoms with Crippen molar-refractivity contribution in [2.24, 2.45) is 0 Å². The predicted molar refractivity (Wildman–Crippen MR) is 127 cm³/mol. The van der Waals surface area contributed by atoms with Gasteiger partial charge in [0.05, 0.1) is 26.4 Å². The number of nitro groups is 2. The number of carbonyl (C=O) groups excluding carboxylic acids is 1. The van der Waals surface area contributed by atoms with E-state index in [9.17, 15) is 33.4 Å². The summed E-state index contributed by atoms with van der Waals surface area (Å²) in [5.74, 6) is -0.885. The number of sulfonamides is 1. The number of benzene rings is 2. The Morgan fingerprint density at radius 1 is 0.912 bits per heavy atom. The van der Waals surface area contributed by atoms with Crippen LogP contribution < -0.4 is 10.6 Å². The first-order valence-corrected chi connectivity index (χ1v) is 12.1. The number of hydrogen-bond acceptors (Lipinski definition) is 8. The van der Waals surface area contributed by atoms with Gasteiger partial charge >= 0.3 is 0 Å². The van der Waals surface area contributed by atoms with Gasteiger partial charge in [-0.1, -0.05) is 12.8 Å². The molecule has 2 aromatic rings. The Labute approximate surface area is 200 Å². The fourth-order valence-corrected chi connectivity index (χ4v) is 5.14. The van der Waals surface area contributed by atoms with E-state index in [1.54, 1.807) is 0 Å². The highest BCUT2D eigenvalue weighted by Crippen LogP contribution is 2.23. The topological polar surface area (TPSA) is 165 Å². The van der Waals surface area contributed by atoms with Crippen molar-refractivity contribution in [3.63, 3.8) is 0 Å². The molecule has 12 nitrogen and oxygen atoms in total. The summed E-state index contributed by atoms with van der Waals surface area (Å²) in [6, 6.07) is 8.37. The minimum absolute atomic E-state index is 0.138. The Bertz CT molecular complexity index is 1190. The second-order valence-corrected chi connectivity index (χ2v) is 9.85. The van der Waals surface area contributed by atoms with E-state index < -0.39 is 37.2 Å². The number of amides is 1. The summed E-state index contributed by atoms with van der Waals surface area (Å²) in [6.45, 7) is 0.961. The van der Waals surface area contributed by atoms with Gasteiger partial charge in [-0.3, -0.25) is 30.3 Å². The summed E-state index contributed by atoms with van der Waals surface area (Å²) in [5.41, 5.74) is -1.15. The summed E-state index contributed by atoms with van der Waals surface area (Å²) in [4.78, 5) is 32.9. The Balaban J connectivity index is 1.68. The fourth-order valence-electron chi connectivity index (χ4n) is 3.42. The zero-order valence-corrected chi connectivity index (χ0v) is 19.4. The molecule has 0 aromatic heterocycles. The summed E-state index contributed by atoms with van der Waals surface area (Å²) < 4.78 is 27.2. The van der Waals surface area contributed by atoms with Crippen LogP contribution in [0.15, 0.2) is 47.4 Å². The number of nitrogens with zero attached hydrogens (tertiary/aromatic N) is 3. The van der Waals surface area contributed by atoms with Crippen LogP contribution >= 0.6 is 12.2 Å². The number of hydrogen-bond donors (Lipinski definition) is 2. The smallest absolute Gasteiger partial charge is 0.277 e. The number of non-ortho nitro benzene ring substituents is 2. The van der Waals surface area contributed by atoms with Crippen molar-refractivity contribution in [2.45, 2.75) is 30.6 Å². The van der Waals surface area contributed by atoms with Crippen LogP contribution in [0.3, 0.4) is 0 Å². The first kappa shape index (κ1) is 25.1. The standard InChI is InChI=1S/C20H21N5O7S2/c26-19(14-11-16(24(27)28)13-17(12-14)25(29)30)22-20(33)21-15-5-7-18(8-6-15)34(31,32)23-9-3-1-2-4-10-23/h5-8,11-13H,1-4,9-10H2,(H2,21,22,26,33). The molecule has 0 atom stereocenters. The summed E-state index contributed by atoms with van der Waals surface area (Å²) >= 11 is 5.07. The van der Waals surface area contributed by atoms with Crippen LogP contribution in [0.2, 0.25) is 0 Å². The van der Waals surface area contributed by atoms with E-state index in [0.717, 1.165) is 43.9 Å². The fraction of sp³-hybridized carbons (Fsp3) is 0.300. The Hall–Kier alpha value is -3.49. The normalized spacial score (nSPS) is 14.6. The minimum atomic E-state index is -3.61. The van der Waals surface area contributed by atoms with E-state index in [0.29, 0.717) is 18.8 Å². The highest BCUT2D eigenvalue weighted by molar-refractivity contribution is 7.89. The second kappa shape index (κ2) is 10.6. The van der Waals surface area contributed by atoms with E-state index >= 15 is 0 Å². The molecule has 0 unspecified atom stereocenters. The largest absolute Gasteiger partial charge is 0.332 e. The molecular weight excluding hydrogens is 486 g/mol. The number of rotatable bonds is 6. The quantitative estimate of drug-likeness (QED) is 0.339. The van der Waals surface area contributed by atoms with Gasteiger partial charge in [0.15, 0.2) is 5.11 Å². The molecule has 0 bridgehead atoms. The van der Waals surface area contributed by atoms with E-state index in [-0.39, 0.29) is 15.6 Å². The molecule has 1 saturated heterocycles. The van der Waals surface area contributed by atoms with Crippen LogP contribution in [0, 0.1) is 20.2 Å². The van der Waals surface area contributed by atoms with Crippen molar-refractivity contribution < 1.29 is 23.1 Å². The van der Waals surface area contributed by atoms with Gasteiger partial charge in [-0.2, -0.15) is 4.31 Å². The van der Waals surface area contributed by atoms with Gasteiger partial charge < -0.3 is 5.32 Å². The van der Waals surface area contributed by atoms with E-state index in [4.69, 9.17) is 12.2 Å². The maximum Gasteiger partial charge on any atom is 0.277 e. The minimum Gasteiger partial charge on any atom is -0.332 e. The second-order valence-electron chi connectivity index (χ2n) is 7.50. The van der Waals surface area contributed by atoms with Crippen molar-refractivity contribution in [1.29, 1.82) is 0 Å². The molecule has 0 aliphatic carbocycles. The van der Waals surface area contributed by atoms with Crippen molar-refractivity contribution in [2.75, 3.05) is 18.4 Å². The molecule has 3 rings (SSSR count). The van der Waals surface area contributed by atoms with Crippen LogP contribution in [0.5, 0.6) is 0 Å². The lowest BCUT2D eigenvalue weighted by molar-refractivity contribution is -0.394. The van der Waals surface area contributed by atoms with Crippen molar-refractivity contribution in [1.82, 2.24) is 9.62 Å². The molecule has 34 heavy (non-hydrogen) atoms. The molecule has 2 aromatic carbocycles. The van der Waals surface area contributed by atoms with Crippen LogP contribution in [-0.4, -0.2) is 46.7 Å². The first-order valence-electron chi connectivity index (χ1n) is 10.2. The van der Waals surface area contributed by atoms with E-state index in [1.165, 1.54) is 28.6 Å². The SMILES string of the molecule is O=C(NC(=S)Nc1ccc(S(=O)(=O)N2CCCCCC2)cc1)c1cc([N+](=O)[O-])cc([N+](=O)[O-])c1. The molecule has 180 valence electrons. The molecular formula is C20H21N5O7S2. The van der Waals surface area contributed by atoms with Crippen LogP contribution in [-0.2, 0) is 10.0 Å². The lowest BCUT2D eigenvalue weighted by Crippen LogP contribution is -2.34. The molecule has 1 heterocycles. The first-order chi connectivity index (χ1) is 16.1. The molecule has 0 radical (unpaired) electrons. The van der Waals surface area contributed by atoms with Gasteiger partial charge in [0.1, 0.15) is 0 Å². The highest BCUT2D eigenvalue weighted by Gasteiger charge is 2.25. The van der Waals surface area contributed by atoms with Gasteiger partial charge in [-0.05, 0) is 49.3 Å². The van der Waals surface area contributed by atoms with Crippen LogP contribution in [0.25, 0.3) is 0 Å². The van der Waals surface area contributed by atoms with E-state index in [2.05, 4.69) is 10.6 Å². The molecule has 1 aliphatic heterocycles. The lowest BCUT2D eigenvalue weighted by atomic mass is 10.1. The Kier molecular flexibility index (Phi) is 7.86. The molecule has 0 saturated carbocycles. The third-order valence-corrected chi connectivity index (χ3v) is 7.25. The van der Waals surface area contributed by atoms with Crippen molar-refractivity contribution in [3.8, 4) is 0 Å². The summed E-state index contributed by atoms with van der Waals surface area (Å²) in [7, 11) is -3.61. The molecule has 1 amide bonds. The Morgan fingerprint density at radius 3 is 1.94 bits per heavy atom.